The standard InChI is InChI=1S/C22H37N5O/c1-3-23-22(24-17-19(2)18-26-13-15-28-16-14-26)25-20-9-11-27(12-10-20)21-7-5-4-6-8-21/h4-8,19-20H,3,9-18H2,1-2H3,(H2,23,24,25). The lowest BCUT2D eigenvalue weighted by atomic mass is 10.0. The summed E-state index contributed by atoms with van der Waals surface area (Å²) in [4.78, 5) is 9.84. The van der Waals surface area contributed by atoms with Gasteiger partial charge in [0.1, 0.15) is 0 Å². The van der Waals surface area contributed by atoms with Gasteiger partial charge >= 0.3 is 0 Å². The zero-order valence-electron chi connectivity index (χ0n) is 17.6. The molecular formula is C22H37N5O. The van der Waals surface area contributed by atoms with Crippen molar-refractivity contribution in [2.24, 2.45) is 10.9 Å². The molecule has 0 saturated carbocycles. The lowest BCUT2D eigenvalue weighted by Gasteiger charge is -2.34. The molecule has 2 aliphatic heterocycles. The van der Waals surface area contributed by atoms with Crippen molar-refractivity contribution in [3.05, 3.63) is 30.3 Å². The molecule has 2 aliphatic rings. The predicted octanol–water partition coefficient (Wildman–Crippen LogP) is 2.18. The average molecular weight is 388 g/mol. The van der Waals surface area contributed by atoms with Crippen LogP contribution in [0.4, 0.5) is 5.69 Å². The van der Waals surface area contributed by atoms with Gasteiger partial charge in [-0.1, -0.05) is 25.1 Å². The number of aliphatic imine (C=N–C) groups is 1. The van der Waals surface area contributed by atoms with Crippen LogP contribution in [-0.2, 0) is 4.74 Å². The van der Waals surface area contributed by atoms with Crippen LogP contribution in [-0.4, -0.2) is 75.9 Å². The highest BCUT2D eigenvalue weighted by atomic mass is 16.5. The first-order valence-corrected chi connectivity index (χ1v) is 10.9. The van der Waals surface area contributed by atoms with Crippen LogP contribution in [0, 0.1) is 5.92 Å². The monoisotopic (exact) mass is 387 g/mol. The normalized spacial score (nSPS) is 20.8. The molecule has 0 spiro atoms. The Balaban J connectivity index is 1.44. The average Bonchev–Trinajstić information content (AvgIpc) is 2.74. The molecule has 0 aliphatic carbocycles. The summed E-state index contributed by atoms with van der Waals surface area (Å²) in [6.45, 7) is 13.3. The number of rotatable bonds is 7. The molecule has 1 aromatic rings. The first kappa shape index (κ1) is 20.9. The topological polar surface area (TPSA) is 52.1 Å². The minimum atomic E-state index is 0.493. The summed E-state index contributed by atoms with van der Waals surface area (Å²) in [6.07, 6.45) is 2.28. The number of benzene rings is 1. The largest absolute Gasteiger partial charge is 0.379 e. The number of morpholine rings is 1. The third-order valence-electron chi connectivity index (χ3n) is 5.54. The Kier molecular flexibility index (Phi) is 8.42. The van der Waals surface area contributed by atoms with Crippen molar-refractivity contribution < 1.29 is 4.74 Å². The summed E-state index contributed by atoms with van der Waals surface area (Å²) in [5.41, 5.74) is 1.33. The second-order valence-corrected chi connectivity index (χ2v) is 7.98. The third kappa shape index (κ3) is 6.67. The Bertz CT molecular complexity index is 580. The van der Waals surface area contributed by atoms with E-state index in [0.717, 1.165) is 77.8 Å². The van der Waals surface area contributed by atoms with Crippen LogP contribution in [0.1, 0.15) is 26.7 Å². The van der Waals surface area contributed by atoms with E-state index in [1.807, 2.05) is 0 Å². The van der Waals surface area contributed by atoms with E-state index in [4.69, 9.17) is 9.73 Å². The van der Waals surface area contributed by atoms with Crippen molar-refractivity contribution in [1.29, 1.82) is 0 Å². The van der Waals surface area contributed by atoms with Crippen LogP contribution < -0.4 is 15.5 Å². The van der Waals surface area contributed by atoms with Crippen LogP contribution >= 0.6 is 0 Å². The molecule has 2 heterocycles. The fourth-order valence-corrected chi connectivity index (χ4v) is 3.96. The van der Waals surface area contributed by atoms with Crippen molar-refractivity contribution in [1.82, 2.24) is 15.5 Å². The van der Waals surface area contributed by atoms with Crippen LogP contribution in [0.3, 0.4) is 0 Å². The van der Waals surface area contributed by atoms with E-state index in [1.54, 1.807) is 0 Å². The predicted molar refractivity (Wildman–Crippen MR) is 117 cm³/mol. The Morgan fingerprint density at radius 2 is 1.86 bits per heavy atom. The molecule has 0 aromatic heterocycles. The van der Waals surface area contributed by atoms with E-state index in [1.165, 1.54) is 5.69 Å². The first-order chi connectivity index (χ1) is 13.7. The molecule has 3 rings (SSSR count). The summed E-state index contributed by atoms with van der Waals surface area (Å²) < 4.78 is 5.44. The molecule has 1 aromatic carbocycles. The number of hydrogen-bond acceptors (Lipinski definition) is 4. The van der Waals surface area contributed by atoms with Crippen molar-refractivity contribution in [3.8, 4) is 0 Å². The van der Waals surface area contributed by atoms with Crippen molar-refractivity contribution in [2.45, 2.75) is 32.7 Å². The number of piperidine rings is 1. The van der Waals surface area contributed by atoms with Gasteiger partial charge in [-0.3, -0.25) is 9.89 Å². The first-order valence-electron chi connectivity index (χ1n) is 10.9. The van der Waals surface area contributed by atoms with Crippen molar-refractivity contribution >= 4 is 11.6 Å². The SMILES string of the molecule is CCNC(=NCC(C)CN1CCOCC1)NC1CCN(c2ccccc2)CC1. The maximum absolute atomic E-state index is 5.44. The highest BCUT2D eigenvalue weighted by molar-refractivity contribution is 5.80. The molecule has 6 heteroatoms. The molecule has 0 bridgehead atoms. The zero-order valence-corrected chi connectivity index (χ0v) is 17.6. The lowest BCUT2D eigenvalue weighted by molar-refractivity contribution is 0.0323. The van der Waals surface area contributed by atoms with Gasteiger partial charge in [0.25, 0.3) is 0 Å². The number of ether oxygens (including phenoxy) is 1. The van der Waals surface area contributed by atoms with Crippen LogP contribution in [0.2, 0.25) is 0 Å². The van der Waals surface area contributed by atoms with Gasteiger partial charge in [0, 0.05) is 57.5 Å². The van der Waals surface area contributed by atoms with Gasteiger partial charge in [0.15, 0.2) is 5.96 Å². The molecule has 0 amide bonds. The van der Waals surface area contributed by atoms with Crippen LogP contribution in [0.25, 0.3) is 0 Å². The van der Waals surface area contributed by atoms with E-state index in [0.29, 0.717) is 12.0 Å². The van der Waals surface area contributed by atoms with Crippen LogP contribution in [0.5, 0.6) is 0 Å². The summed E-state index contributed by atoms with van der Waals surface area (Å²) in [6, 6.07) is 11.2. The molecule has 28 heavy (non-hydrogen) atoms. The van der Waals surface area contributed by atoms with E-state index >= 15 is 0 Å². The summed E-state index contributed by atoms with van der Waals surface area (Å²) in [5.74, 6) is 1.52. The van der Waals surface area contributed by atoms with Crippen molar-refractivity contribution in [2.75, 3.05) is 63.9 Å². The number of nitrogens with zero attached hydrogens (tertiary/aromatic N) is 3. The number of hydrogen-bond donors (Lipinski definition) is 2. The van der Waals surface area contributed by atoms with Gasteiger partial charge in [-0.2, -0.15) is 0 Å². The molecule has 1 atom stereocenters. The van der Waals surface area contributed by atoms with Gasteiger partial charge < -0.3 is 20.3 Å². The van der Waals surface area contributed by atoms with Gasteiger partial charge in [0.05, 0.1) is 13.2 Å². The molecule has 2 saturated heterocycles. The fourth-order valence-electron chi connectivity index (χ4n) is 3.96. The highest BCUT2D eigenvalue weighted by Crippen LogP contribution is 2.19. The van der Waals surface area contributed by atoms with Gasteiger partial charge in [-0.15, -0.1) is 0 Å². The quantitative estimate of drug-likeness (QED) is 0.555. The molecule has 0 radical (unpaired) electrons. The highest BCUT2D eigenvalue weighted by Gasteiger charge is 2.20. The Morgan fingerprint density at radius 1 is 1.14 bits per heavy atom. The summed E-state index contributed by atoms with van der Waals surface area (Å²) in [7, 11) is 0. The molecule has 156 valence electrons. The second kappa shape index (κ2) is 11.3. The maximum Gasteiger partial charge on any atom is 0.191 e. The van der Waals surface area contributed by atoms with E-state index in [-0.39, 0.29) is 0 Å². The van der Waals surface area contributed by atoms with E-state index in [9.17, 15) is 0 Å². The Morgan fingerprint density at radius 3 is 2.54 bits per heavy atom. The summed E-state index contributed by atoms with van der Waals surface area (Å²) in [5, 5.41) is 7.09. The lowest BCUT2D eigenvalue weighted by Crippen LogP contribution is -2.49. The second-order valence-electron chi connectivity index (χ2n) is 7.98. The van der Waals surface area contributed by atoms with E-state index in [2.05, 4.69) is 64.6 Å². The molecule has 1 unspecified atom stereocenters. The number of guanidine groups is 1. The number of nitrogens with one attached hydrogen (secondary N) is 2. The Hall–Kier alpha value is -1.79. The smallest absolute Gasteiger partial charge is 0.191 e. The fraction of sp³-hybridized carbons (Fsp3) is 0.682. The van der Waals surface area contributed by atoms with Gasteiger partial charge in [-0.05, 0) is 37.8 Å². The minimum absolute atomic E-state index is 0.493. The Labute approximate surface area is 170 Å². The van der Waals surface area contributed by atoms with E-state index < -0.39 is 0 Å². The molecular weight excluding hydrogens is 350 g/mol. The number of anilines is 1. The van der Waals surface area contributed by atoms with Gasteiger partial charge in [0.2, 0.25) is 0 Å². The minimum Gasteiger partial charge on any atom is -0.379 e. The molecule has 2 N–H and O–H groups in total. The number of para-hydroxylation sites is 1. The molecule has 6 nitrogen and oxygen atoms in total. The maximum atomic E-state index is 5.44. The zero-order chi connectivity index (χ0) is 19.6. The third-order valence-corrected chi connectivity index (χ3v) is 5.54. The summed E-state index contributed by atoms with van der Waals surface area (Å²) >= 11 is 0. The molecule has 2 fully saturated rings. The van der Waals surface area contributed by atoms with Crippen molar-refractivity contribution in [3.63, 3.8) is 0 Å². The van der Waals surface area contributed by atoms with Crippen LogP contribution in [0.15, 0.2) is 35.3 Å². The van der Waals surface area contributed by atoms with Gasteiger partial charge in [-0.25, -0.2) is 0 Å².